The van der Waals surface area contributed by atoms with Crippen LogP contribution in [-0.2, 0) is 0 Å². The van der Waals surface area contributed by atoms with Crippen LogP contribution in [0.3, 0.4) is 0 Å². The predicted octanol–water partition coefficient (Wildman–Crippen LogP) is 2.06. The lowest BCUT2D eigenvalue weighted by molar-refractivity contribution is 0.307. The molecule has 0 aromatic carbocycles. The Balaban J connectivity index is 2.10. The maximum absolute atomic E-state index is 3.71. The summed E-state index contributed by atoms with van der Waals surface area (Å²) in [6, 6.07) is 0.853. The molecular formula is C8H14BrN. The third kappa shape index (κ3) is 1.02. The molecule has 2 rings (SSSR count). The third-order valence-electron chi connectivity index (χ3n) is 2.95. The molecule has 0 radical (unpaired) electrons. The molecule has 0 aromatic rings. The number of nitrogens with one attached hydrogen (secondary N) is 1. The van der Waals surface area contributed by atoms with Gasteiger partial charge in [-0.2, -0.15) is 0 Å². The first-order chi connectivity index (χ1) is 4.85. The monoisotopic (exact) mass is 203 g/mol. The molecule has 2 unspecified atom stereocenters. The van der Waals surface area contributed by atoms with Crippen LogP contribution in [0.15, 0.2) is 0 Å². The SMILES string of the molecule is BrCC12CCCC(CC1)N2. The van der Waals surface area contributed by atoms with Crippen LogP contribution in [-0.4, -0.2) is 16.9 Å². The van der Waals surface area contributed by atoms with Gasteiger partial charge in [0.15, 0.2) is 0 Å². The largest absolute Gasteiger partial charge is 0.308 e. The van der Waals surface area contributed by atoms with Gasteiger partial charge in [-0.3, -0.25) is 0 Å². The molecular weight excluding hydrogens is 190 g/mol. The molecule has 0 aliphatic carbocycles. The predicted molar refractivity (Wildman–Crippen MR) is 46.5 cm³/mol. The van der Waals surface area contributed by atoms with E-state index in [0.717, 1.165) is 11.4 Å². The summed E-state index contributed by atoms with van der Waals surface area (Å²) in [5, 5.41) is 4.86. The lowest BCUT2D eigenvalue weighted by Crippen LogP contribution is -2.47. The van der Waals surface area contributed by atoms with Crippen LogP contribution in [0.25, 0.3) is 0 Å². The second-order valence-corrected chi connectivity index (χ2v) is 4.25. The lowest BCUT2D eigenvalue weighted by Gasteiger charge is -2.32. The van der Waals surface area contributed by atoms with E-state index >= 15 is 0 Å². The third-order valence-corrected chi connectivity index (χ3v) is 4.02. The van der Waals surface area contributed by atoms with Crippen LogP contribution < -0.4 is 5.32 Å². The highest BCUT2D eigenvalue weighted by atomic mass is 79.9. The number of fused-ring (bicyclic) bond motifs is 2. The molecule has 2 saturated heterocycles. The smallest absolute Gasteiger partial charge is 0.0281 e. The molecule has 2 heteroatoms. The fourth-order valence-corrected chi connectivity index (χ4v) is 3.02. The van der Waals surface area contributed by atoms with E-state index in [1.54, 1.807) is 0 Å². The van der Waals surface area contributed by atoms with Crippen LogP contribution >= 0.6 is 15.9 Å². The first kappa shape index (κ1) is 7.11. The Kier molecular flexibility index (Phi) is 1.77. The van der Waals surface area contributed by atoms with Gasteiger partial charge >= 0.3 is 0 Å². The highest BCUT2D eigenvalue weighted by Gasteiger charge is 2.39. The number of hydrogen-bond acceptors (Lipinski definition) is 1. The Bertz CT molecular complexity index is 133. The van der Waals surface area contributed by atoms with Crippen molar-refractivity contribution >= 4 is 15.9 Å². The molecule has 2 bridgehead atoms. The van der Waals surface area contributed by atoms with Crippen LogP contribution in [0.5, 0.6) is 0 Å². The van der Waals surface area contributed by atoms with E-state index in [2.05, 4.69) is 21.2 Å². The van der Waals surface area contributed by atoms with E-state index in [-0.39, 0.29) is 0 Å². The van der Waals surface area contributed by atoms with Crippen molar-refractivity contribution in [3.8, 4) is 0 Å². The summed E-state index contributed by atoms with van der Waals surface area (Å²) in [5.74, 6) is 0. The van der Waals surface area contributed by atoms with E-state index in [9.17, 15) is 0 Å². The van der Waals surface area contributed by atoms with Gasteiger partial charge in [0.1, 0.15) is 0 Å². The Morgan fingerprint density at radius 3 is 3.00 bits per heavy atom. The maximum Gasteiger partial charge on any atom is 0.0281 e. The number of halogens is 1. The molecule has 0 spiro atoms. The van der Waals surface area contributed by atoms with Crippen molar-refractivity contribution in [3.05, 3.63) is 0 Å². The minimum absolute atomic E-state index is 0.503. The summed E-state index contributed by atoms with van der Waals surface area (Å²) in [5.41, 5.74) is 0.503. The first-order valence-electron chi connectivity index (χ1n) is 4.18. The number of piperidine rings is 1. The van der Waals surface area contributed by atoms with E-state index in [0.29, 0.717) is 5.54 Å². The second-order valence-electron chi connectivity index (χ2n) is 3.69. The average molecular weight is 204 g/mol. The van der Waals surface area contributed by atoms with Crippen molar-refractivity contribution in [2.45, 2.75) is 43.7 Å². The van der Waals surface area contributed by atoms with Crippen molar-refractivity contribution in [2.75, 3.05) is 5.33 Å². The molecule has 2 fully saturated rings. The molecule has 2 aliphatic heterocycles. The van der Waals surface area contributed by atoms with Crippen LogP contribution in [0, 0.1) is 0 Å². The van der Waals surface area contributed by atoms with Crippen molar-refractivity contribution in [3.63, 3.8) is 0 Å². The van der Waals surface area contributed by atoms with Crippen molar-refractivity contribution in [1.82, 2.24) is 5.32 Å². The van der Waals surface area contributed by atoms with Crippen LogP contribution in [0.1, 0.15) is 32.1 Å². The Morgan fingerprint density at radius 2 is 2.30 bits per heavy atom. The van der Waals surface area contributed by atoms with Gasteiger partial charge < -0.3 is 5.32 Å². The van der Waals surface area contributed by atoms with Crippen LogP contribution in [0.2, 0.25) is 0 Å². The summed E-state index contributed by atoms with van der Waals surface area (Å²) in [6.07, 6.45) is 7.03. The van der Waals surface area contributed by atoms with Crippen molar-refractivity contribution in [1.29, 1.82) is 0 Å². The van der Waals surface area contributed by atoms with Gasteiger partial charge in [-0.1, -0.05) is 22.4 Å². The van der Waals surface area contributed by atoms with Gasteiger partial charge in [0, 0.05) is 16.9 Å². The Morgan fingerprint density at radius 1 is 1.40 bits per heavy atom. The molecule has 0 amide bonds. The van der Waals surface area contributed by atoms with E-state index < -0.39 is 0 Å². The number of rotatable bonds is 1. The fraction of sp³-hybridized carbons (Fsp3) is 1.00. The van der Waals surface area contributed by atoms with Crippen molar-refractivity contribution in [2.24, 2.45) is 0 Å². The number of alkyl halides is 1. The standard InChI is InChI=1S/C8H14BrN/c9-6-8-4-1-2-7(10-8)3-5-8/h7,10H,1-6H2. The molecule has 10 heavy (non-hydrogen) atoms. The fourth-order valence-electron chi connectivity index (χ4n) is 2.30. The molecule has 1 nitrogen and oxygen atoms in total. The molecule has 0 saturated carbocycles. The van der Waals surface area contributed by atoms with E-state index in [1.807, 2.05) is 0 Å². The summed E-state index contributed by atoms with van der Waals surface area (Å²) in [7, 11) is 0. The minimum Gasteiger partial charge on any atom is -0.308 e. The highest BCUT2D eigenvalue weighted by molar-refractivity contribution is 9.09. The quantitative estimate of drug-likeness (QED) is 0.644. The molecule has 2 heterocycles. The zero-order chi connectivity index (χ0) is 7.03. The minimum atomic E-state index is 0.503. The topological polar surface area (TPSA) is 12.0 Å². The molecule has 58 valence electrons. The lowest BCUT2D eigenvalue weighted by atomic mass is 9.93. The summed E-state index contributed by atoms with van der Waals surface area (Å²) >= 11 is 3.59. The van der Waals surface area contributed by atoms with Gasteiger partial charge in [0.05, 0.1) is 0 Å². The molecule has 0 aromatic heterocycles. The Hall–Kier alpha value is 0.440. The van der Waals surface area contributed by atoms with Gasteiger partial charge in [-0.15, -0.1) is 0 Å². The molecule has 1 N–H and O–H groups in total. The number of hydrogen-bond donors (Lipinski definition) is 1. The zero-order valence-corrected chi connectivity index (χ0v) is 7.78. The highest BCUT2D eigenvalue weighted by Crippen LogP contribution is 2.36. The molecule has 2 aliphatic rings. The van der Waals surface area contributed by atoms with Crippen molar-refractivity contribution < 1.29 is 0 Å². The van der Waals surface area contributed by atoms with E-state index in [4.69, 9.17) is 0 Å². The Labute approximate surface area is 70.7 Å². The maximum atomic E-state index is 3.71. The summed E-state index contributed by atoms with van der Waals surface area (Å²) in [4.78, 5) is 0. The summed E-state index contributed by atoms with van der Waals surface area (Å²) in [6.45, 7) is 0. The van der Waals surface area contributed by atoms with E-state index in [1.165, 1.54) is 32.1 Å². The van der Waals surface area contributed by atoms with Crippen LogP contribution in [0.4, 0.5) is 0 Å². The normalized spacial score (nSPS) is 45.9. The van der Waals surface area contributed by atoms with Gasteiger partial charge in [0.25, 0.3) is 0 Å². The first-order valence-corrected chi connectivity index (χ1v) is 5.30. The van der Waals surface area contributed by atoms with Gasteiger partial charge in [-0.25, -0.2) is 0 Å². The van der Waals surface area contributed by atoms with Gasteiger partial charge in [0.2, 0.25) is 0 Å². The van der Waals surface area contributed by atoms with Gasteiger partial charge in [-0.05, 0) is 25.7 Å². The second kappa shape index (κ2) is 2.49. The summed E-state index contributed by atoms with van der Waals surface area (Å²) < 4.78 is 0. The molecule has 2 atom stereocenters. The average Bonchev–Trinajstić information content (AvgIpc) is 2.29. The zero-order valence-electron chi connectivity index (χ0n) is 6.20.